The number of nitrogens with one attached hydrogen (secondary N) is 1. The Morgan fingerprint density at radius 2 is 1.90 bits per heavy atom. The Balaban J connectivity index is 2.45. The first-order valence-electron chi connectivity index (χ1n) is 6.97. The van der Waals surface area contributed by atoms with Crippen molar-refractivity contribution in [2.24, 2.45) is 0 Å². The lowest BCUT2D eigenvalue weighted by Crippen LogP contribution is -2.47. The van der Waals surface area contributed by atoms with Crippen molar-refractivity contribution in [1.82, 2.24) is 10.2 Å². The van der Waals surface area contributed by atoms with Crippen molar-refractivity contribution in [3.8, 4) is 0 Å². The second-order valence-electron chi connectivity index (χ2n) is 4.81. The Bertz CT molecular complexity index is 450. The summed E-state index contributed by atoms with van der Waals surface area (Å²) in [4.78, 5) is 24.1. The van der Waals surface area contributed by atoms with Crippen LogP contribution in [0.1, 0.15) is 18.9 Å². The van der Waals surface area contributed by atoms with Crippen LogP contribution >= 0.6 is 0 Å². The molecule has 0 aliphatic carbocycles. The number of carboxylic acids is 1. The minimum absolute atomic E-state index is 0.153. The van der Waals surface area contributed by atoms with E-state index in [9.17, 15) is 9.59 Å². The Kier molecular flexibility index (Phi) is 7.25. The van der Waals surface area contributed by atoms with E-state index in [0.717, 1.165) is 12.8 Å². The number of aliphatic carboxylic acids is 1. The van der Waals surface area contributed by atoms with Gasteiger partial charge in [0.25, 0.3) is 0 Å². The van der Waals surface area contributed by atoms with Gasteiger partial charge in [0.15, 0.2) is 0 Å². The molecule has 0 spiro atoms. The molecule has 0 aromatic heterocycles. The number of carbonyl (C=O) groups is 2. The van der Waals surface area contributed by atoms with Crippen molar-refractivity contribution in [2.45, 2.75) is 25.8 Å². The van der Waals surface area contributed by atoms with E-state index in [-0.39, 0.29) is 13.2 Å². The number of urea groups is 1. The zero-order chi connectivity index (χ0) is 15.7. The summed E-state index contributed by atoms with van der Waals surface area (Å²) < 4.78 is 0. The molecule has 0 heterocycles. The van der Waals surface area contributed by atoms with Crippen molar-refractivity contribution in [3.05, 3.63) is 35.9 Å². The molecule has 6 nitrogen and oxygen atoms in total. The number of carbonyl (C=O) groups excluding carboxylic acids is 1. The highest BCUT2D eigenvalue weighted by Gasteiger charge is 2.18. The number of amides is 2. The van der Waals surface area contributed by atoms with Crippen LogP contribution in [0.5, 0.6) is 0 Å². The Morgan fingerprint density at radius 3 is 2.48 bits per heavy atom. The van der Waals surface area contributed by atoms with Crippen LogP contribution in [-0.2, 0) is 11.2 Å². The van der Waals surface area contributed by atoms with Crippen molar-refractivity contribution >= 4 is 12.0 Å². The topological polar surface area (TPSA) is 89.9 Å². The summed E-state index contributed by atoms with van der Waals surface area (Å²) in [6.07, 6.45) is 1.57. The van der Waals surface area contributed by atoms with Gasteiger partial charge in [-0.05, 0) is 25.3 Å². The van der Waals surface area contributed by atoms with Gasteiger partial charge in [-0.3, -0.25) is 4.79 Å². The third-order valence-electron chi connectivity index (χ3n) is 3.10. The number of carboxylic acid groups (broad SMARTS) is 1. The molecule has 3 N–H and O–H groups in total. The van der Waals surface area contributed by atoms with E-state index in [1.807, 2.05) is 30.3 Å². The lowest BCUT2D eigenvalue weighted by Gasteiger charge is -2.23. The molecule has 0 fully saturated rings. The first kappa shape index (κ1) is 17.0. The summed E-state index contributed by atoms with van der Waals surface area (Å²) >= 11 is 0. The number of benzene rings is 1. The quantitative estimate of drug-likeness (QED) is 0.669. The highest BCUT2D eigenvalue weighted by atomic mass is 16.4. The number of aryl methyl sites for hydroxylation is 1. The van der Waals surface area contributed by atoms with Gasteiger partial charge in [-0.2, -0.15) is 0 Å². The zero-order valence-electron chi connectivity index (χ0n) is 12.2. The van der Waals surface area contributed by atoms with Crippen LogP contribution in [0.4, 0.5) is 4.79 Å². The SMILES string of the molecule is C[C@H](NC(=O)N(CCO)CCCc1ccccc1)C(=O)O. The largest absolute Gasteiger partial charge is 0.480 e. The average molecular weight is 294 g/mol. The molecule has 0 unspecified atom stereocenters. The molecule has 0 aliphatic heterocycles. The van der Waals surface area contributed by atoms with Gasteiger partial charge in [0.1, 0.15) is 6.04 Å². The van der Waals surface area contributed by atoms with Crippen LogP contribution in [-0.4, -0.2) is 52.9 Å². The lowest BCUT2D eigenvalue weighted by atomic mass is 10.1. The smallest absolute Gasteiger partial charge is 0.325 e. The van der Waals surface area contributed by atoms with Gasteiger partial charge in [-0.15, -0.1) is 0 Å². The van der Waals surface area contributed by atoms with Gasteiger partial charge < -0.3 is 20.4 Å². The predicted molar refractivity (Wildman–Crippen MR) is 79.1 cm³/mol. The van der Waals surface area contributed by atoms with Gasteiger partial charge in [0.2, 0.25) is 0 Å². The number of aliphatic hydroxyl groups excluding tert-OH is 1. The Labute approximate surface area is 124 Å². The van der Waals surface area contributed by atoms with Gasteiger partial charge >= 0.3 is 12.0 Å². The van der Waals surface area contributed by atoms with E-state index >= 15 is 0 Å². The molecule has 21 heavy (non-hydrogen) atoms. The molecule has 6 heteroatoms. The van der Waals surface area contributed by atoms with Crippen LogP contribution in [0.2, 0.25) is 0 Å². The number of rotatable bonds is 8. The van der Waals surface area contributed by atoms with Gasteiger partial charge in [-0.25, -0.2) is 4.79 Å². The fourth-order valence-corrected chi connectivity index (χ4v) is 1.89. The van der Waals surface area contributed by atoms with Gasteiger partial charge in [0, 0.05) is 13.1 Å². The molecule has 0 saturated carbocycles. The van der Waals surface area contributed by atoms with E-state index in [0.29, 0.717) is 6.54 Å². The lowest BCUT2D eigenvalue weighted by molar-refractivity contribution is -0.138. The van der Waals surface area contributed by atoms with E-state index in [4.69, 9.17) is 10.2 Å². The first-order valence-corrected chi connectivity index (χ1v) is 6.97. The second kappa shape index (κ2) is 8.97. The maximum absolute atomic E-state index is 11.9. The summed E-state index contributed by atoms with van der Waals surface area (Å²) in [5, 5.41) is 20.2. The minimum atomic E-state index is -1.09. The van der Waals surface area contributed by atoms with Crippen LogP contribution in [0.15, 0.2) is 30.3 Å². The molecule has 0 bridgehead atoms. The standard InChI is InChI=1S/C15H22N2O4/c1-12(14(19)20)16-15(21)17(10-11-18)9-5-8-13-6-3-2-4-7-13/h2-4,6-7,12,18H,5,8-11H2,1H3,(H,16,21)(H,19,20)/t12-/m0/s1. The number of nitrogens with zero attached hydrogens (tertiary/aromatic N) is 1. The Morgan fingerprint density at radius 1 is 1.24 bits per heavy atom. The zero-order valence-corrected chi connectivity index (χ0v) is 12.2. The summed E-state index contributed by atoms with van der Waals surface area (Å²) in [7, 11) is 0. The fraction of sp³-hybridized carbons (Fsp3) is 0.467. The summed E-state index contributed by atoms with van der Waals surface area (Å²) in [6, 6.07) is 8.48. The summed E-state index contributed by atoms with van der Waals surface area (Å²) in [6.45, 7) is 1.90. The van der Waals surface area contributed by atoms with Crippen molar-refractivity contribution < 1.29 is 19.8 Å². The molecule has 1 aromatic carbocycles. The second-order valence-corrected chi connectivity index (χ2v) is 4.81. The molecule has 0 saturated heterocycles. The van der Waals surface area contributed by atoms with Crippen molar-refractivity contribution in [2.75, 3.05) is 19.7 Å². The van der Waals surface area contributed by atoms with Crippen LogP contribution in [0.3, 0.4) is 0 Å². The van der Waals surface area contributed by atoms with E-state index < -0.39 is 18.0 Å². The van der Waals surface area contributed by atoms with Crippen LogP contribution in [0, 0.1) is 0 Å². The molecular weight excluding hydrogens is 272 g/mol. The Hall–Kier alpha value is -2.08. The molecule has 1 aromatic rings. The summed E-state index contributed by atoms with van der Waals surface area (Å²) in [5.41, 5.74) is 1.18. The molecule has 1 rings (SSSR count). The number of hydrogen-bond acceptors (Lipinski definition) is 3. The molecule has 2 amide bonds. The first-order chi connectivity index (χ1) is 10.0. The van der Waals surface area contributed by atoms with Gasteiger partial charge in [-0.1, -0.05) is 30.3 Å². The maximum Gasteiger partial charge on any atom is 0.325 e. The highest BCUT2D eigenvalue weighted by Crippen LogP contribution is 2.04. The molecule has 0 aliphatic rings. The van der Waals surface area contributed by atoms with Crippen LogP contribution in [0.25, 0.3) is 0 Å². The number of hydrogen-bond donors (Lipinski definition) is 3. The van der Waals surface area contributed by atoms with E-state index in [1.165, 1.54) is 17.4 Å². The predicted octanol–water partition coefficient (Wildman–Crippen LogP) is 1.10. The van der Waals surface area contributed by atoms with E-state index in [1.54, 1.807) is 0 Å². The normalized spacial score (nSPS) is 11.7. The van der Waals surface area contributed by atoms with E-state index in [2.05, 4.69) is 5.32 Å². The third kappa shape index (κ3) is 6.27. The summed E-state index contributed by atoms with van der Waals surface area (Å²) in [5.74, 6) is -1.09. The maximum atomic E-state index is 11.9. The minimum Gasteiger partial charge on any atom is -0.480 e. The highest BCUT2D eigenvalue weighted by molar-refractivity contribution is 5.82. The average Bonchev–Trinajstić information content (AvgIpc) is 2.47. The molecular formula is C15H22N2O4. The van der Waals surface area contributed by atoms with Crippen LogP contribution < -0.4 is 5.32 Å². The van der Waals surface area contributed by atoms with Crippen molar-refractivity contribution in [1.29, 1.82) is 0 Å². The fourth-order valence-electron chi connectivity index (χ4n) is 1.89. The number of aliphatic hydroxyl groups is 1. The molecule has 0 radical (unpaired) electrons. The third-order valence-corrected chi connectivity index (χ3v) is 3.10. The molecule has 1 atom stereocenters. The van der Waals surface area contributed by atoms with Gasteiger partial charge in [0.05, 0.1) is 6.61 Å². The monoisotopic (exact) mass is 294 g/mol. The molecule has 116 valence electrons. The van der Waals surface area contributed by atoms with Crippen molar-refractivity contribution in [3.63, 3.8) is 0 Å².